The Balaban J connectivity index is 1.76. The molecule has 180 valence electrons. The summed E-state index contributed by atoms with van der Waals surface area (Å²) in [5.41, 5.74) is 0.907. The summed E-state index contributed by atoms with van der Waals surface area (Å²) in [6, 6.07) is 0. The lowest BCUT2D eigenvalue weighted by atomic mass is 9.46. The monoisotopic (exact) mass is 448 g/mol. The van der Waals surface area contributed by atoms with E-state index in [0.29, 0.717) is 24.8 Å². The highest BCUT2D eigenvalue weighted by molar-refractivity contribution is 5.92. The first-order valence-electron chi connectivity index (χ1n) is 12.2. The highest BCUT2D eigenvalue weighted by Gasteiger charge is 2.57. The molecule has 0 aromatic heterocycles. The Labute approximate surface area is 192 Å². The summed E-state index contributed by atoms with van der Waals surface area (Å²) >= 11 is 0. The van der Waals surface area contributed by atoms with Crippen molar-refractivity contribution >= 4 is 11.9 Å². The van der Waals surface area contributed by atoms with Crippen molar-refractivity contribution in [2.75, 3.05) is 13.2 Å². The molecule has 1 heterocycles. The van der Waals surface area contributed by atoms with Crippen molar-refractivity contribution in [3.05, 3.63) is 23.8 Å². The molecular weight excluding hydrogens is 408 g/mol. The number of carbonyl (C=O) groups is 2. The second-order valence-electron chi connectivity index (χ2n) is 10.5. The van der Waals surface area contributed by atoms with E-state index >= 15 is 0 Å². The van der Waals surface area contributed by atoms with Gasteiger partial charge in [0.2, 0.25) is 0 Å². The fourth-order valence-corrected chi connectivity index (χ4v) is 6.39. The van der Waals surface area contributed by atoms with Crippen LogP contribution in [0.4, 0.5) is 0 Å². The second-order valence-corrected chi connectivity index (χ2v) is 10.5. The molecule has 32 heavy (non-hydrogen) atoms. The number of aliphatic hydroxyl groups excluding tert-OH is 2. The van der Waals surface area contributed by atoms with E-state index in [9.17, 15) is 19.8 Å². The van der Waals surface area contributed by atoms with E-state index in [-0.39, 0.29) is 36.4 Å². The molecule has 6 heteroatoms. The van der Waals surface area contributed by atoms with Crippen LogP contribution in [0.5, 0.6) is 0 Å². The number of carbonyl (C=O) groups excluding carboxylic acids is 2. The molecule has 2 N–H and O–H groups in total. The molecule has 3 fully saturated rings. The molecule has 3 aliphatic rings. The van der Waals surface area contributed by atoms with Gasteiger partial charge in [0.25, 0.3) is 0 Å². The van der Waals surface area contributed by atoms with Crippen molar-refractivity contribution < 1.29 is 29.3 Å². The van der Waals surface area contributed by atoms with Crippen molar-refractivity contribution in [1.29, 1.82) is 0 Å². The summed E-state index contributed by atoms with van der Waals surface area (Å²) in [4.78, 5) is 24.5. The van der Waals surface area contributed by atoms with Crippen LogP contribution >= 0.6 is 0 Å². The van der Waals surface area contributed by atoms with Gasteiger partial charge >= 0.3 is 11.9 Å². The number of hydrogen-bond donors (Lipinski definition) is 2. The Morgan fingerprint density at radius 1 is 1.31 bits per heavy atom. The number of aliphatic hydroxyl groups is 2. The summed E-state index contributed by atoms with van der Waals surface area (Å²) in [5.74, 6) is -0.415. The minimum Gasteiger partial charge on any atom is -0.458 e. The molecule has 0 amide bonds. The van der Waals surface area contributed by atoms with Crippen molar-refractivity contribution in [3.63, 3.8) is 0 Å². The van der Waals surface area contributed by atoms with Crippen LogP contribution in [0.15, 0.2) is 23.8 Å². The summed E-state index contributed by atoms with van der Waals surface area (Å²) in [6.45, 7) is 10.7. The highest BCUT2D eigenvalue weighted by Crippen LogP contribution is 2.61. The van der Waals surface area contributed by atoms with Crippen LogP contribution in [0.3, 0.4) is 0 Å². The minimum absolute atomic E-state index is 0.0446. The van der Waals surface area contributed by atoms with Crippen molar-refractivity contribution in [1.82, 2.24) is 0 Å². The molecule has 1 saturated heterocycles. The predicted molar refractivity (Wildman–Crippen MR) is 122 cm³/mol. The molecule has 0 bridgehead atoms. The SMILES string of the molecule is C=C1CC[C@@H]2[C@](C)(CO)[C@H](O)CC[C@@]2(C)[C@@H]1C/C=C1/C(=O)OC[C@H]1OC(=O)CCCCC. The van der Waals surface area contributed by atoms with Crippen LogP contribution in [0.2, 0.25) is 0 Å². The fourth-order valence-electron chi connectivity index (χ4n) is 6.39. The smallest absolute Gasteiger partial charge is 0.337 e. The van der Waals surface area contributed by atoms with Gasteiger partial charge in [-0.25, -0.2) is 4.79 Å². The van der Waals surface area contributed by atoms with E-state index in [2.05, 4.69) is 20.4 Å². The molecule has 0 unspecified atom stereocenters. The Morgan fingerprint density at radius 3 is 2.75 bits per heavy atom. The van der Waals surface area contributed by atoms with E-state index in [4.69, 9.17) is 9.47 Å². The fraction of sp³-hybridized carbons (Fsp3) is 0.769. The number of allylic oxidation sites excluding steroid dienone is 2. The maximum absolute atomic E-state index is 12.4. The van der Waals surface area contributed by atoms with Crippen molar-refractivity contribution in [2.45, 2.75) is 90.8 Å². The lowest BCUT2D eigenvalue weighted by Crippen LogP contribution is -2.57. The van der Waals surface area contributed by atoms with E-state index in [0.717, 1.165) is 44.1 Å². The predicted octanol–water partition coefficient (Wildman–Crippen LogP) is 4.09. The molecule has 1 aliphatic heterocycles. The molecule has 0 spiro atoms. The number of rotatable bonds is 8. The molecule has 3 rings (SSSR count). The molecule has 0 aromatic rings. The number of esters is 2. The maximum Gasteiger partial charge on any atom is 0.337 e. The third-order valence-electron chi connectivity index (χ3n) is 8.47. The van der Waals surface area contributed by atoms with Crippen molar-refractivity contribution in [3.8, 4) is 0 Å². The zero-order valence-corrected chi connectivity index (χ0v) is 19.9. The van der Waals surface area contributed by atoms with Gasteiger partial charge in [-0.05, 0) is 55.8 Å². The average molecular weight is 449 g/mol. The standard InChI is InChI=1S/C26H40O6/c1-5-6-7-8-23(29)32-20-15-31-24(30)18(20)10-11-19-17(2)9-12-21-25(19,3)14-13-22(28)26(21,4)16-27/h10,19-22,27-28H,2,5-9,11-16H2,1,3-4H3/b18-10+/t19-,20-,21+,22-,25+,26+/m1/s1. The van der Waals surface area contributed by atoms with Gasteiger partial charge < -0.3 is 19.7 Å². The highest BCUT2D eigenvalue weighted by atomic mass is 16.6. The number of hydrogen-bond acceptors (Lipinski definition) is 6. The molecule has 6 atom stereocenters. The molecule has 6 nitrogen and oxygen atoms in total. The van der Waals surface area contributed by atoms with Crippen LogP contribution in [-0.4, -0.2) is 47.6 Å². The summed E-state index contributed by atoms with van der Waals surface area (Å²) in [6.07, 6.45) is 7.70. The largest absolute Gasteiger partial charge is 0.458 e. The van der Waals surface area contributed by atoms with E-state index in [1.807, 2.05) is 13.0 Å². The summed E-state index contributed by atoms with van der Waals surface area (Å²) < 4.78 is 10.8. The zero-order valence-electron chi connectivity index (χ0n) is 19.9. The van der Waals surface area contributed by atoms with Gasteiger partial charge in [0.05, 0.1) is 18.3 Å². The Kier molecular flexibility index (Phi) is 7.87. The number of cyclic esters (lactones) is 1. The van der Waals surface area contributed by atoms with Gasteiger partial charge in [0.15, 0.2) is 6.10 Å². The van der Waals surface area contributed by atoms with Crippen LogP contribution in [0.25, 0.3) is 0 Å². The quantitative estimate of drug-likeness (QED) is 0.251. The topological polar surface area (TPSA) is 93.1 Å². The van der Waals surface area contributed by atoms with Gasteiger partial charge in [-0.15, -0.1) is 0 Å². The van der Waals surface area contributed by atoms with E-state index in [1.54, 1.807) is 0 Å². The first-order chi connectivity index (χ1) is 15.2. The number of ether oxygens (including phenoxy) is 2. The normalized spacial score (nSPS) is 38.5. The van der Waals surface area contributed by atoms with E-state index in [1.165, 1.54) is 0 Å². The van der Waals surface area contributed by atoms with Gasteiger partial charge in [0.1, 0.15) is 6.61 Å². The van der Waals surface area contributed by atoms with Crippen LogP contribution in [0, 0.1) is 22.7 Å². The molecule has 0 aromatic carbocycles. The van der Waals surface area contributed by atoms with Gasteiger partial charge in [0, 0.05) is 11.8 Å². The first kappa shape index (κ1) is 25.0. The van der Waals surface area contributed by atoms with Gasteiger partial charge in [-0.3, -0.25) is 4.79 Å². The van der Waals surface area contributed by atoms with Crippen LogP contribution < -0.4 is 0 Å². The minimum atomic E-state index is -0.645. The lowest BCUT2D eigenvalue weighted by Gasteiger charge is -2.59. The first-order valence-corrected chi connectivity index (χ1v) is 12.2. The van der Waals surface area contributed by atoms with Crippen LogP contribution in [-0.2, 0) is 19.1 Å². The summed E-state index contributed by atoms with van der Waals surface area (Å²) in [5, 5.41) is 20.8. The molecule has 2 saturated carbocycles. The lowest BCUT2D eigenvalue weighted by molar-refractivity contribution is -0.151. The second kappa shape index (κ2) is 10.1. The molecule has 2 aliphatic carbocycles. The third kappa shape index (κ3) is 4.67. The zero-order chi connectivity index (χ0) is 23.5. The van der Waals surface area contributed by atoms with Gasteiger partial charge in [-0.1, -0.05) is 51.8 Å². The van der Waals surface area contributed by atoms with Crippen molar-refractivity contribution in [2.24, 2.45) is 22.7 Å². The number of unbranched alkanes of at least 4 members (excludes halogenated alkanes) is 2. The molecule has 0 radical (unpaired) electrons. The van der Waals surface area contributed by atoms with E-state index < -0.39 is 23.6 Å². The Hall–Kier alpha value is -1.66. The third-order valence-corrected chi connectivity index (χ3v) is 8.47. The maximum atomic E-state index is 12.4. The Bertz CT molecular complexity index is 757. The summed E-state index contributed by atoms with van der Waals surface area (Å²) in [7, 11) is 0. The van der Waals surface area contributed by atoms with Gasteiger partial charge in [-0.2, -0.15) is 0 Å². The average Bonchev–Trinajstić information content (AvgIpc) is 3.10. The Morgan fingerprint density at radius 2 is 2.06 bits per heavy atom. The number of fused-ring (bicyclic) bond motifs is 1. The van der Waals surface area contributed by atoms with Crippen LogP contribution in [0.1, 0.15) is 78.6 Å². The molecular formula is C26H40O6.